The highest BCUT2D eigenvalue weighted by Gasteiger charge is 2.33. The van der Waals surface area contributed by atoms with E-state index >= 15 is 0 Å². The van der Waals surface area contributed by atoms with E-state index in [1.54, 1.807) is 0 Å². The van der Waals surface area contributed by atoms with Gasteiger partial charge in [0.1, 0.15) is 11.4 Å². The Morgan fingerprint density at radius 3 is 2.67 bits per heavy atom. The first-order chi connectivity index (χ1) is 14.0. The normalized spacial score (nSPS) is 19.5. The smallest absolute Gasteiger partial charge is 0.191 e. The standard InChI is InChI=1S/C24H30N4O.HI/c1-24(2)16-21(20-11-4-5-12-22(20)29-24)27-23(25-3)26-17-18-9-8-10-19(15-18)28-13-6-7-14-28;/h4-12,15,21H,13-14,16-17H2,1-3H3,(H2,25,26,27);1H. The first-order valence-corrected chi connectivity index (χ1v) is 10.3. The number of nitrogens with zero attached hydrogens (tertiary/aromatic N) is 2. The largest absolute Gasteiger partial charge is 0.487 e. The van der Waals surface area contributed by atoms with E-state index in [2.05, 4.69) is 82.9 Å². The van der Waals surface area contributed by atoms with Gasteiger partial charge in [-0.3, -0.25) is 4.99 Å². The van der Waals surface area contributed by atoms with Crippen LogP contribution in [0, 0.1) is 0 Å². The van der Waals surface area contributed by atoms with Crippen LogP contribution in [-0.2, 0) is 6.54 Å². The average molecular weight is 518 g/mol. The van der Waals surface area contributed by atoms with Gasteiger partial charge in [-0.25, -0.2) is 0 Å². The van der Waals surface area contributed by atoms with E-state index in [0.29, 0.717) is 0 Å². The Labute approximate surface area is 196 Å². The first-order valence-electron chi connectivity index (χ1n) is 10.3. The van der Waals surface area contributed by atoms with Crippen LogP contribution in [0.2, 0.25) is 0 Å². The molecule has 2 N–H and O–H groups in total. The Hall–Kier alpha value is -2.22. The van der Waals surface area contributed by atoms with E-state index in [1.807, 2.05) is 19.2 Å². The predicted molar refractivity (Wildman–Crippen MR) is 135 cm³/mol. The molecule has 0 aliphatic carbocycles. The van der Waals surface area contributed by atoms with E-state index in [4.69, 9.17) is 4.74 Å². The number of hydrogen-bond donors (Lipinski definition) is 2. The van der Waals surface area contributed by atoms with Crippen LogP contribution in [0.15, 0.2) is 65.7 Å². The molecule has 2 aliphatic heterocycles. The molecular formula is C24H31IN4O. The number of halogens is 1. The lowest BCUT2D eigenvalue weighted by atomic mass is 9.90. The summed E-state index contributed by atoms with van der Waals surface area (Å²) in [5.41, 5.74) is 3.46. The zero-order valence-electron chi connectivity index (χ0n) is 17.9. The molecule has 0 saturated heterocycles. The van der Waals surface area contributed by atoms with Crippen LogP contribution >= 0.6 is 24.0 Å². The van der Waals surface area contributed by atoms with Crippen LogP contribution in [0.5, 0.6) is 5.75 Å². The minimum Gasteiger partial charge on any atom is -0.487 e. The molecule has 2 aromatic rings. The maximum atomic E-state index is 6.15. The second-order valence-corrected chi connectivity index (χ2v) is 8.27. The van der Waals surface area contributed by atoms with Crippen molar-refractivity contribution in [3.63, 3.8) is 0 Å². The number of benzene rings is 2. The van der Waals surface area contributed by atoms with Gasteiger partial charge in [0.15, 0.2) is 5.96 Å². The minimum atomic E-state index is -0.219. The molecular weight excluding hydrogens is 487 g/mol. The van der Waals surface area contributed by atoms with E-state index in [0.717, 1.165) is 37.8 Å². The molecule has 6 heteroatoms. The Morgan fingerprint density at radius 2 is 1.90 bits per heavy atom. The number of nitrogens with one attached hydrogen (secondary N) is 2. The van der Waals surface area contributed by atoms with Gasteiger partial charge in [-0.2, -0.15) is 0 Å². The number of fused-ring (bicyclic) bond motifs is 1. The Morgan fingerprint density at radius 1 is 1.13 bits per heavy atom. The third-order valence-electron chi connectivity index (χ3n) is 5.46. The lowest BCUT2D eigenvalue weighted by Gasteiger charge is -2.38. The van der Waals surface area contributed by atoms with Crippen molar-refractivity contribution >= 4 is 35.6 Å². The van der Waals surface area contributed by atoms with Crippen LogP contribution in [-0.4, -0.2) is 31.7 Å². The van der Waals surface area contributed by atoms with Gasteiger partial charge in [-0.05, 0) is 37.6 Å². The van der Waals surface area contributed by atoms with Gasteiger partial charge in [-0.1, -0.05) is 42.5 Å². The van der Waals surface area contributed by atoms with Crippen molar-refractivity contribution < 1.29 is 4.74 Å². The summed E-state index contributed by atoms with van der Waals surface area (Å²) in [6.07, 6.45) is 5.30. The third-order valence-corrected chi connectivity index (χ3v) is 5.46. The molecule has 5 nitrogen and oxygen atoms in total. The van der Waals surface area contributed by atoms with Gasteiger partial charge in [-0.15, -0.1) is 24.0 Å². The summed E-state index contributed by atoms with van der Waals surface area (Å²) < 4.78 is 6.15. The topological polar surface area (TPSA) is 48.9 Å². The molecule has 0 bridgehead atoms. The fraction of sp³-hybridized carbons (Fsp3) is 0.375. The van der Waals surface area contributed by atoms with Crippen molar-refractivity contribution in [2.45, 2.75) is 38.5 Å². The highest BCUT2D eigenvalue weighted by molar-refractivity contribution is 14.0. The lowest BCUT2D eigenvalue weighted by Crippen LogP contribution is -2.45. The molecule has 0 fully saturated rings. The molecule has 2 heterocycles. The molecule has 1 unspecified atom stereocenters. The second-order valence-electron chi connectivity index (χ2n) is 8.27. The Kier molecular flexibility index (Phi) is 7.28. The zero-order valence-corrected chi connectivity index (χ0v) is 20.2. The van der Waals surface area contributed by atoms with Crippen LogP contribution < -0.4 is 20.3 Å². The molecule has 2 aromatic carbocycles. The molecule has 30 heavy (non-hydrogen) atoms. The summed E-state index contributed by atoms with van der Waals surface area (Å²) in [4.78, 5) is 6.81. The molecule has 1 atom stereocenters. The quantitative estimate of drug-likeness (QED) is 0.268. The van der Waals surface area contributed by atoms with Gasteiger partial charge < -0.3 is 20.3 Å². The SMILES string of the molecule is CN=C(NCc1cccc(N2CC=CC2)c1)NC1CC(C)(C)Oc2ccccc21.I. The minimum absolute atomic E-state index is 0. The molecule has 0 radical (unpaired) electrons. The van der Waals surface area contributed by atoms with E-state index in [-0.39, 0.29) is 35.6 Å². The second kappa shape index (κ2) is 9.73. The number of hydrogen-bond acceptors (Lipinski definition) is 3. The summed E-state index contributed by atoms with van der Waals surface area (Å²) in [5, 5.41) is 7.07. The number of aliphatic imine (C=N–C) groups is 1. The summed E-state index contributed by atoms with van der Waals surface area (Å²) in [6.45, 7) is 6.96. The molecule has 0 saturated carbocycles. The predicted octanol–water partition coefficient (Wildman–Crippen LogP) is 4.65. The van der Waals surface area contributed by atoms with E-state index < -0.39 is 0 Å². The molecule has 4 rings (SSSR count). The highest BCUT2D eigenvalue weighted by atomic mass is 127. The van der Waals surface area contributed by atoms with Crippen molar-refractivity contribution in [3.8, 4) is 5.75 Å². The number of guanidine groups is 1. The fourth-order valence-corrected chi connectivity index (χ4v) is 4.03. The summed E-state index contributed by atoms with van der Waals surface area (Å²) in [5.74, 6) is 1.75. The van der Waals surface area contributed by atoms with Crippen LogP contribution in [0.25, 0.3) is 0 Å². The summed E-state index contributed by atoms with van der Waals surface area (Å²) in [7, 11) is 1.82. The average Bonchev–Trinajstić information content (AvgIpc) is 3.25. The van der Waals surface area contributed by atoms with Crippen molar-refractivity contribution in [3.05, 3.63) is 71.8 Å². The first kappa shape index (κ1) is 22.5. The van der Waals surface area contributed by atoms with Gasteiger partial charge >= 0.3 is 0 Å². The van der Waals surface area contributed by atoms with Crippen molar-refractivity contribution in [1.82, 2.24) is 10.6 Å². The maximum absolute atomic E-state index is 6.15. The van der Waals surface area contributed by atoms with Gasteiger partial charge in [0.05, 0.1) is 6.04 Å². The number of ether oxygens (including phenoxy) is 1. The zero-order chi connectivity index (χ0) is 20.3. The lowest BCUT2D eigenvalue weighted by molar-refractivity contribution is 0.0694. The van der Waals surface area contributed by atoms with Crippen LogP contribution in [0.4, 0.5) is 5.69 Å². The monoisotopic (exact) mass is 518 g/mol. The van der Waals surface area contributed by atoms with Crippen molar-refractivity contribution in [2.24, 2.45) is 4.99 Å². The van der Waals surface area contributed by atoms with Crippen molar-refractivity contribution in [1.29, 1.82) is 0 Å². The van der Waals surface area contributed by atoms with Crippen LogP contribution in [0.3, 0.4) is 0 Å². The van der Waals surface area contributed by atoms with E-state index in [9.17, 15) is 0 Å². The number of rotatable bonds is 4. The maximum Gasteiger partial charge on any atom is 0.191 e. The van der Waals surface area contributed by atoms with Crippen LogP contribution in [0.1, 0.15) is 37.4 Å². The summed E-state index contributed by atoms with van der Waals surface area (Å²) >= 11 is 0. The van der Waals surface area contributed by atoms with Crippen molar-refractivity contribution in [2.75, 3.05) is 25.0 Å². The molecule has 2 aliphatic rings. The summed E-state index contributed by atoms with van der Waals surface area (Å²) in [6, 6.07) is 17.1. The van der Waals surface area contributed by atoms with Gasteiger partial charge in [0.2, 0.25) is 0 Å². The molecule has 0 amide bonds. The molecule has 0 aromatic heterocycles. The van der Waals surface area contributed by atoms with Gasteiger partial charge in [0.25, 0.3) is 0 Å². The number of para-hydroxylation sites is 1. The highest BCUT2D eigenvalue weighted by Crippen LogP contribution is 2.39. The fourth-order valence-electron chi connectivity index (χ4n) is 4.03. The molecule has 0 spiro atoms. The number of anilines is 1. The Bertz CT molecular complexity index is 917. The third kappa shape index (κ3) is 5.28. The Balaban J connectivity index is 0.00000256. The van der Waals surface area contributed by atoms with Gasteiger partial charge in [0, 0.05) is 44.4 Å². The van der Waals surface area contributed by atoms with E-state index in [1.165, 1.54) is 16.8 Å². The molecule has 160 valence electrons.